The molecule has 0 radical (unpaired) electrons. The van der Waals surface area contributed by atoms with E-state index >= 15 is 0 Å². The number of allylic oxidation sites excluding steroid dienone is 2. The number of benzene rings is 3. The van der Waals surface area contributed by atoms with Crippen LogP contribution in [0.3, 0.4) is 0 Å². The van der Waals surface area contributed by atoms with Gasteiger partial charge in [0, 0.05) is 80.3 Å². The first kappa shape index (κ1) is 33.4. The van der Waals surface area contributed by atoms with Crippen LogP contribution in [0.1, 0.15) is 15.9 Å². The van der Waals surface area contributed by atoms with Crippen molar-refractivity contribution in [2.75, 3.05) is 46.4 Å². The predicted molar refractivity (Wildman–Crippen MR) is 175 cm³/mol. The Labute approximate surface area is 271 Å². The van der Waals surface area contributed by atoms with Crippen LogP contribution in [-0.2, 0) is 21.8 Å². The van der Waals surface area contributed by atoms with Gasteiger partial charge in [0.05, 0.1) is 24.9 Å². The van der Waals surface area contributed by atoms with E-state index in [0.29, 0.717) is 47.9 Å². The molecule has 3 aromatic carbocycles. The first-order valence-electron chi connectivity index (χ1n) is 14.7. The van der Waals surface area contributed by atoms with Crippen LogP contribution in [-0.4, -0.2) is 91.9 Å². The van der Waals surface area contributed by atoms with Gasteiger partial charge in [0.1, 0.15) is 16.5 Å². The maximum Gasteiger partial charge on any atom is 0.264 e. The number of aliphatic imine (C=N–C) groups is 1. The molecular weight excluding hydrogens is 630 g/mol. The second-order valence-electron chi connectivity index (χ2n) is 10.7. The van der Waals surface area contributed by atoms with Crippen molar-refractivity contribution < 1.29 is 31.8 Å². The number of piperazine rings is 1. The molecule has 0 saturated carbocycles. The fourth-order valence-electron chi connectivity index (χ4n) is 5.35. The number of β-amino-alcohol motifs (C(OH)–C–C–N with tert-alkyl or cyclic N) is 1. The fraction of sp³-hybridized carbons (Fsp3) is 0.242. The van der Waals surface area contributed by atoms with Gasteiger partial charge in [-0.25, -0.2) is 22.2 Å². The summed E-state index contributed by atoms with van der Waals surface area (Å²) >= 11 is 0. The molecule has 0 bridgehead atoms. The monoisotopic (exact) mass is 664 g/mol. The highest BCUT2D eigenvalue weighted by molar-refractivity contribution is 7.89. The van der Waals surface area contributed by atoms with Crippen molar-refractivity contribution in [3.63, 3.8) is 0 Å². The Morgan fingerprint density at radius 3 is 2.45 bits per heavy atom. The molecule has 1 amide bonds. The van der Waals surface area contributed by atoms with Crippen LogP contribution in [0.2, 0.25) is 0 Å². The first-order chi connectivity index (χ1) is 22.6. The molecule has 0 aliphatic carbocycles. The summed E-state index contributed by atoms with van der Waals surface area (Å²) in [5, 5.41) is 14.6. The first-order valence-corrected chi connectivity index (χ1v) is 16.2. The lowest BCUT2D eigenvalue weighted by Gasteiger charge is -2.34. The summed E-state index contributed by atoms with van der Waals surface area (Å²) in [6.45, 7) is 3.32. The lowest BCUT2D eigenvalue weighted by atomic mass is 10.0. The van der Waals surface area contributed by atoms with Crippen LogP contribution in [0.15, 0.2) is 89.0 Å². The Balaban J connectivity index is 1.40. The van der Waals surface area contributed by atoms with Gasteiger partial charge in [-0.1, -0.05) is 18.2 Å². The van der Waals surface area contributed by atoms with Crippen molar-refractivity contribution in [2.45, 2.75) is 4.90 Å². The highest BCUT2D eigenvalue weighted by atomic mass is 32.2. The number of hydrogen-bond acceptors (Lipinski definition) is 8. The lowest BCUT2D eigenvalue weighted by molar-refractivity contribution is 0.0615. The highest BCUT2D eigenvalue weighted by Crippen LogP contribution is 2.31. The number of nitrogens with one attached hydrogen (secondary N) is 1. The zero-order valence-electron chi connectivity index (χ0n) is 25.8. The minimum absolute atomic E-state index is 0.0479. The number of aliphatic hydroxyl groups is 1. The molecule has 5 rings (SSSR count). The number of ether oxygens (including phenoxy) is 1. The molecular formula is C33H34F2N6O5S. The van der Waals surface area contributed by atoms with Gasteiger partial charge in [-0.05, 0) is 48.0 Å². The van der Waals surface area contributed by atoms with Crippen LogP contribution in [0.25, 0.3) is 27.7 Å². The second-order valence-corrected chi connectivity index (χ2v) is 12.4. The molecule has 1 aliphatic heterocycles. The Bertz CT molecular complexity index is 1950. The number of halogens is 2. The summed E-state index contributed by atoms with van der Waals surface area (Å²) in [5.41, 5.74) is 4.07. The van der Waals surface area contributed by atoms with E-state index in [-0.39, 0.29) is 12.5 Å². The molecule has 4 aromatic rings. The number of carbonyl (C=O) groups excluding carboxylic acids is 1. The van der Waals surface area contributed by atoms with Crippen molar-refractivity contribution in [1.82, 2.24) is 24.3 Å². The average molecular weight is 665 g/mol. The summed E-state index contributed by atoms with van der Waals surface area (Å²) < 4.78 is 61.7. The Hall–Kier alpha value is -4.92. The number of methoxy groups -OCH3 is 1. The third-order valence-electron chi connectivity index (χ3n) is 7.70. The number of sulfonamides is 1. The molecule has 11 nitrogen and oxygen atoms in total. The van der Waals surface area contributed by atoms with Gasteiger partial charge in [0.15, 0.2) is 6.40 Å². The van der Waals surface area contributed by atoms with E-state index in [9.17, 15) is 27.1 Å². The molecule has 1 aliphatic rings. The van der Waals surface area contributed by atoms with Gasteiger partial charge in [-0.15, -0.1) is 0 Å². The van der Waals surface area contributed by atoms with Gasteiger partial charge in [0.2, 0.25) is 0 Å². The number of carbonyl (C=O) groups is 1. The van der Waals surface area contributed by atoms with Gasteiger partial charge < -0.3 is 14.7 Å². The largest absolute Gasteiger partial charge is 0.486 e. The van der Waals surface area contributed by atoms with Crippen LogP contribution in [0.4, 0.5) is 8.78 Å². The summed E-state index contributed by atoms with van der Waals surface area (Å²) in [6, 6.07) is 15.1. The van der Waals surface area contributed by atoms with Crippen molar-refractivity contribution >= 4 is 38.8 Å². The van der Waals surface area contributed by atoms with E-state index in [2.05, 4.69) is 19.7 Å². The Morgan fingerprint density at radius 2 is 1.77 bits per heavy atom. The number of aromatic nitrogens is 2. The van der Waals surface area contributed by atoms with Crippen LogP contribution >= 0.6 is 0 Å². The molecule has 0 spiro atoms. The molecule has 1 aromatic heterocycles. The van der Waals surface area contributed by atoms with E-state index in [0.717, 1.165) is 48.1 Å². The third kappa shape index (κ3) is 7.73. The summed E-state index contributed by atoms with van der Waals surface area (Å²) in [6.07, 6.45) is 5.25. The standard InChI is InChI=1S/C33H34F2N6O5S/c1-39-32(23-3-5-24(6-4-23)33(43)41-15-13-40(14-16-41)17-18-42)28-19-25(7-9-30(28)38-39)26(21-36-22-46-2)11-12-37-47(44,45)31-10-8-27(34)20-29(31)35/h3-12,19-22,37,42H,13-18H2,1-2H3/b12-11+,26-21+,36-22?. The number of nitrogens with zero attached hydrogens (tertiary/aromatic N) is 5. The predicted octanol–water partition coefficient (Wildman–Crippen LogP) is 3.78. The number of aryl methyl sites for hydroxylation is 1. The van der Waals surface area contributed by atoms with Crippen LogP contribution in [0.5, 0.6) is 0 Å². The number of rotatable bonds is 11. The number of amides is 1. The summed E-state index contributed by atoms with van der Waals surface area (Å²) in [5.74, 6) is -2.15. The van der Waals surface area contributed by atoms with Crippen molar-refractivity contribution in [1.29, 1.82) is 0 Å². The Kier molecular flexibility index (Phi) is 10.4. The van der Waals surface area contributed by atoms with Gasteiger partial charge in [-0.2, -0.15) is 5.10 Å². The minimum atomic E-state index is -4.33. The number of hydrogen-bond donors (Lipinski definition) is 2. The number of aliphatic hydroxyl groups excluding tert-OH is 1. The minimum Gasteiger partial charge on any atom is -0.486 e. The van der Waals surface area contributed by atoms with E-state index < -0.39 is 26.6 Å². The topological polar surface area (TPSA) is 129 Å². The quantitative estimate of drug-likeness (QED) is 0.142. The zero-order valence-corrected chi connectivity index (χ0v) is 26.6. The SMILES string of the molecule is COC=N/C=C(\C=C\NS(=O)(=O)c1ccc(F)cc1F)c1ccc2nn(C)c(-c3ccc(C(=O)N4CCN(CCO)CC4)cc3)c2c1. The van der Waals surface area contributed by atoms with Gasteiger partial charge >= 0.3 is 0 Å². The van der Waals surface area contributed by atoms with Crippen molar-refractivity contribution in [3.05, 3.63) is 102 Å². The molecule has 0 atom stereocenters. The summed E-state index contributed by atoms with van der Waals surface area (Å²) in [7, 11) is -1.07. The maximum absolute atomic E-state index is 14.2. The number of fused-ring (bicyclic) bond motifs is 1. The average Bonchev–Trinajstić information content (AvgIpc) is 3.39. The van der Waals surface area contributed by atoms with E-state index in [1.54, 1.807) is 22.9 Å². The summed E-state index contributed by atoms with van der Waals surface area (Å²) in [4.78, 5) is 20.5. The molecule has 1 saturated heterocycles. The smallest absolute Gasteiger partial charge is 0.264 e. The third-order valence-corrected chi connectivity index (χ3v) is 9.05. The second kappa shape index (κ2) is 14.7. The normalized spacial score (nSPS) is 14.8. The van der Waals surface area contributed by atoms with Crippen molar-refractivity contribution in [3.8, 4) is 11.3 Å². The molecule has 14 heteroatoms. The van der Waals surface area contributed by atoms with Crippen molar-refractivity contribution in [2.24, 2.45) is 12.0 Å². The van der Waals surface area contributed by atoms with Gasteiger partial charge in [0.25, 0.3) is 15.9 Å². The highest BCUT2D eigenvalue weighted by Gasteiger charge is 2.22. The van der Waals surface area contributed by atoms with Crippen LogP contribution < -0.4 is 4.72 Å². The van der Waals surface area contributed by atoms with E-state index in [4.69, 9.17) is 4.74 Å². The molecule has 246 valence electrons. The Morgan fingerprint density at radius 1 is 1.04 bits per heavy atom. The fourth-order valence-corrected chi connectivity index (χ4v) is 6.28. The molecule has 2 heterocycles. The molecule has 2 N–H and O–H groups in total. The molecule has 0 unspecified atom stereocenters. The molecule has 1 fully saturated rings. The van der Waals surface area contributed by atoms with Gasteiger partial charge in [-0.3, -0.25) is 19.1 Å². The maximum atomic E-state index is 14.2. The lowest BCUT2D eigenvalue weighted by Crippen LogP contribution is -2.49. The van der Waals surface area contributed by atoms with E-state index in [1.165, 1.54) is 25.8 Å². The van der Waals surface area contributed by atoms with Crippen LogP contribution in [0, 0.1) is 11.6 Å². The van der Waals surface area contributed by atoms with E-state index in [1.807, 2.05) is 36.2 Å². The molecule has 47 heavy (non-hydrogen) atoms. The zero-order chi connectivity index (χ0) is 33.6.